The van der Waals surface area contributed by atoms with Gasteiger partial charge >= 0.3 is 0 Å². The van der Waals surface area contributed by atoms with Crippen molar-refractivity contribution in [3.05, 3.63) is 53.5 Å². The molecule has 2 aromatic rings. The Kier molecular flexibility index (Phi) is 5.43. The third-order valence-corrected chi connectivity index (χ3v) is 2.96. The smallest absolute Gasteiger partial charge is 0.255 e. The zero-order valence-electron chi connectivity index (χ0n) is 12.4. The molecule has 0 radical (unpaired) electrons. The van der Waals surface area contributed by atoms with Crippen LogP contribution in [0, 0.1) is 12.7 Å². The van der Waals surface area contributed by atoms with Crippen molar-refractivity contribution >= 4 is 11.6 Å². The van der Waals surface area contributed by atoms with Crippen molar-refractivity contribution in [1.82, 2.24) is 4.98 Å². The van der Waals surface area contributed by atoms with Gasteiger partial charge in [-0.05, 0) is 30.7 Å². The highest BCUT2D eigenvalue weighted by Gasteiger charge is 2.09. The van der Waals surface area contributed by atoms with Gasteiger partial charge in [0.2, 0.25) is 5.88 Å². The number of hydrogen-bond donors (Lipinski definition) is 1. The van der Waals surface area contributed by atoms with Crippen molar-refractivity contribution in [3.63, 3.8) is 0 Å². The van der Waals surface area contributed by atoms with Gasteiger partial charge in [0.25, 0.3) is 5.91 Å². The number of halogens is 1. The molecule has 0 atom stereocenters. The number of aryl methyl sites for hydroxylation is 1. The van der Waals surface area contributed by atoms with Crippen LogP contribution in [0.4, 0.5) is 10.1 Å². The fourth-order valence-electron chi connectivity index (χ4n) is 1.73. The number of carbonyl (C=O) groups excluding carboxylic acids is 1. The predicted octanol–water partition coefficient (Wildman–Crippen LogP) is 2.81. The molecule has 0 fully saturated rings. The predicted molar refractivity (Wildman–Crippen MR) is 80.7 cm³/mol. The van der Waals surface area contributed by atoms with Crippen LogP contribution >= 0.6 is 0 Å². The Morgan fingerprint density at radius 2 is 2.09 bits per heavy atom. The Balaban J connectivity index is 2.05. The number of ether oxygens (including phenoxy) is 2. The van der Waals surface area contributed by atoms with Crippen molar-refractivity contribution in [1.29, 1.82) is 0 Å². The van der Waals surface area contributed by atoms with Gasteiger partial charge in [0, 0.05) is 30.6 Å². The minimum atomic E-state index is -0.365. The molecule has 6 heteroatoms. The molecule has 0 saturated heterocycles. The van der Waals surface area contributed by atoms with Gasteiger partial charge in [-0.25, -0.2) is 9.37 Å². The van der Waals surface area contributed by atoms with Crippen LogP contribution in [0.2, 0.25) is 0 Å². The van der Waals surface area contributed by atoms with Gasteiger partial charge in [-0.15, -0.1) is 0 Å². The Hall–Kier alpha value is -2.47. The summed E-state index contributed by atoms with van der Waals surface area (Å²) >= 11 is 0. The third kappa shape index (κ3) is 4.26. The van der Waals surface area contributed by atoms with E-state index in [2.05, 4.69) is 10.3 Å². The average molecular weight is 304 g/mol. The Morgan fingerprint density at radius 3 is 2.82 bits per heavy atom. The molecular weight excluding hydrogens is 287 g/mol. The maximum atomic E-state index is 13.5. The Morgan fingerprint density at radius 1 is 1.27 bits per heavy atom. The molecule has 1 amide bonds. The lowest BCUT2D eigenvalue weighted by Crippen LogP contribution is -2.13. The van der Waals surface area contributed by atoms with E-state index < -0.39 is 0 Å². The van der Waals surface area contributed by atoms with Crippen LogP contribution in [0.1, 0.15) is 15.9 Å². The average Bonchev–Trinajstić information content (AvgIpc) is 2.51. The van der Waals surface area contributed by atoms with Gasteiger partial charge in [0.15, 0.2) is 0 Å². The van der Waals surface area contributed by atoms with E-state index in [4.69, 9.17) is 9.47 Å². The maximum Gasteiger partial charge on any atom is 0.255 e. The lowest BCUT2D eigenvalue weighted by molar-refractivity contribution is 0.102. The number of pyridine rings is 1. The molecule has 22 heavy (non-hydrogen) atoms. The van der Waals surface area contributed by atoms with Gasteiger partial charge < -0.3 is 14.8 Å². The van der Waals surface area contributed by atoms with Gasteiger partial charge in [-0.2, -0.15) is 0 Å². The summed E-state index contributed by atoms with van der Waals surface area (Å²) in [6, 6.07) is 7.62. The first-order valence-corrected chi connectivity index (χ1v) is 6.75. The first kappa shape index (κ1) is 15.9. The zero-order valence-corrected chi connectivity index (χ0v) is 12.4. The number of hydrogen-bond acceptors (Lipinski definition) is 4. The second-order valence-corrected chi connectivity index (χ2v) is 4.64. The van der Waals surface area contributed by atoms with E-state index in [0.29, 0.717) is 35.9 Å². The number of rotatable bonds is 6. The zero-order chi connectivity index (χ0) is 15.9. The van der Waals surface area contributed by atoms with Crippen LogP contribution in [0.15, 0.2) is 36.5 Å². The lowest BCUT2D eigenvalue weighted by Gasteiger charge is -2.08. The summed E-state index contributed by atoms with van der Waals surface area (Å²) in [4.78, 5) is 16.2. The van der Waals surface area contributed by atoms with E-state index in [0.717, 1.165) is 0 Å². The van der Waals surface area contributed by atoms with E-state index in [-0.39, 0.29) is 11.7 Å². The second-order valence-electron chi connectivity index (χ2n) is 4.64. The Bertz CT molecular complexity index is 662. The van der Waals surface area contributed by atoms with Crippen molar-refractivity contribution in [2.24, 2.45) is 0 Å². The highest BCUT2D eigenvalue weighted by atomic mass is 19.1. The van der Waals surface area contributed by atoms with Crippen LogP contribution < -0.4 is 10.1 Å². The fourth-order valence-corrected chi connectivity index (χ4v) is 1.73. The number of benzene rings is 1. The number of anilines is 1. The van der Waals surface area contributed by atoms with Gasteiger partial charge in [0.05, 0.1) is 6.61 Å². The highest BCUT2D eigenvalue weighted by molar-refractivity contribution is 6.04. The SMILES string of the molecule is COCCOc1cc(C(=O)Nc2ccc(C)c(F)c2)ccn1. The summed E-state index contributed by atoms with van der Waals surface area (Å²) in [5.41, 5.74) is 1.30. The third-order valence-electron chi connectivity index (χ3n) is 2.96. The van der Waals surface area contributed by atoms with Crippen LogP contribution in [-0.4, -0.2) is 31.2 Å². The van der Waals surface area contributed by atoms with E-state index in [1.54, 1.807) is 32.2 Å². The van der Waals surface area contributed by atoms with E-state index >= 15 is 0 Å². The summed E-state index contributed by atoms with van der Waals surface area (Å²) in [7, 11) is 1.57. The first-order chi connectivity index (χ1) is 10.6. The van der Waals surface area contributed by atoms with Crippen LogP contribution in [-0.2, 0) is 4.74 Å². The van der Waals surface area contributed by atoms with Crippen molar-refractivity contribution in [2.45, 2.75) is 6.92 Å². The number of amides is 1. The van der Waals surface area contributed by atoms with Crippen molar-refractivity contribution in [2.75, 3.05) is 25.6 Å². The summed E-state index contributed by atoms with van der Waals surface area (Å²) < 4.78 is 23.7. The number of nitrogens with zero attached hydrogens (tertiary/aromatic N) is 1. The minimum Gasteiger partial charge on any atom is -0.475 e. The van der Waals surface area contributed by atoms with Gasteiger partial charge in [0.1, 0.15) is 12.4 Å². The van der Waals surface area contributed by atoms with E-state index in [1.807, 2.05) is 0 Å². The number of carbonyl (C=O) groups is 1. The molecule has 0 spiro atoms. The highest BCUT2D eigenvalue weighted by Crippen LogP contribution is 2.16. The largest absolute Gasteiger partial charge is 0.475 e. The molecular formula is C16H17FN2O3. The molecule has 1 aromatic carbocycles. The summed E-state index contributed by atoms with van der Waals surface area (Å²) in [6.45, 7) is 2.44. The van der Waals surface area contributed by atoms with Crippen LogP contribution in [0.3, 0.4) is 0 Å². The van der Waals surface area contributed by atoms with Crippen molar-refractivity contribution in [3.8, 4) is 5.88 Å². The molecule has 116 valence electrons. The molecule has 0 aliphatic heterocycles. The second kappa shape index (κ2) is 7.51. The van der Waals surface area contributed by atoms with Crippen LogP contribution in [0.5, 0.6) is 5.88 Å². The number of aromatic nitrogens is 1. The summed E-state index contributed by atoms with van der Waals surface area (Å²) in [6.07, 6.45) is 1.48. The summed E-state index contributed by atoms with van der Waals surface area (Å²) in [5, 5.41) is 2.63. The van der Waals surface area contributed by atoms with E-state index in [1.165, 1.54) is 18.3 Å². The standard InChI is InChI=1S/C16H17FN2O3/c1-11-3-4-13(10-14(11)17)19-16(20)12-5-6-18-15(9-12)22-8-7-21-2/h3-6,9-10H,7-8H2,1-2H3,(H,19,20). The molecule has 1 heterocycles. The molecule has 5 nitrogen and oxygen atoms in total. The normalized spacial score (nSPS) is 10.3. The quantitative estimate of drug-likeness (QED) is 0.834. The number of methoxy groups -OCH3 is 1. The lowest BCUT2D eigenvalue weighted by atomic mass is 10.2. The van der Waals surface area contributed by atoms with Gasteiger partial charge in [-0.3, -0.25) is 4.79 Å². The van der Waals surface area contributed by atoms with Gasteiger partial charge in [-0.1, -0.05) is 6.07 Å². The molecule has 2 rings (SSSR count). The minimum absolute atomic E-state index is 0.333. The molecule has 0 aliphatic rings. The fraction of sp³-hybridized carbons (Fsp3) is 0.250. The monoisotopic (exact) mass is 304 g/mol. The summed E-state index contributed by atoms with van der Waals surface area (Å²) in [5.74, 6) is -0.391. The first-order valence-electron chi connectivity index (χ1n) is 6.75. The molecule has 0 aliphatic carbocycles. The van der Waals surface area contributed by atoms with Crippen molar-refractivity contribution < 1.29 is 18.7 Å². The molecule has 1 aromatic heterocycles. The van der Waals surface area contributed by atoms with Crippen LogP contribution in [0.25, 0.3) is 0 Å². The Labute approximate surface area is 128 Å². The molecule has 1 N–H and O–H groups in total. The topological polar surface area (TPSA) is 60.5 Å². The number of nitrogens with one attached hydrogen (secondary N) is 1. The molecule has 0 bridgehead atoms. The maximum absolute atomic E-state index is 13.5. The molecule has 0 unspecified atom stereocenters. The molecule has 0 saturated carbocycles. The van der Waals surface area contributed by atoms with E-state index in [9.17, 15) is 9.18 Å².